The van der Waals surface area contributed by atoms with Crippen LogP contribution in [0.3, 0.4) is 0 Å². The number of carbonyl (C=O) groups is 2. The van der Waals surface area contributed by atoms with Crippen LogP contribution in [0.1, 0.15) is 34.0 Å². The van der Waals surface area contributed by atoms with Crippen molar-refractivity contribution in [2.75, 3.05) is 7.11 Å². The zero-order chi connectivity index (χ0) is 30.3. The molecule has 0 spiro atoms. The van der Waals surface area contributed by atoms with Crippen LogP contribution in [-0.2, 0) is 9.53 Å². The van der Waals surface area contributed by atoms with Crippen molar-refractivity contribution >= 4 is 22.9 Å². The molecule has 0 fully saturated rings. The van der Waals surface area contributed by atoms with Crippen molar-refractivity contribution in [3.8, 4) is 51.4 Å². The molecule has 1 atom stereocenters. The van der Waals surface area contributed by atoms with Gasteiger partial charge in [-0.2, -0.15) is 0 Å². The zero-order valence-corrected chi connectivity index (χ0v) is 21.7. The lowest BCUT2D eigenvalue weighted by Gasteiger charge is -2.18. The van der Waals surface area contributed by atoms with Gasteiger partial charge in [0.15, 0.2) is 17.3 Å². The van der Waals surface area contributed by atoms with E-state index < -0.39 is 75.2 Å². The van der Waals surface area contributed by atoms with E-state index in [1.165, 1.54) is 30.3 Å². The molecular weight excluding hydrogens is 552 g/mol. The number of aromatic hydroxyl groups is 5. The van der Waals surface area contributed by atoms with Crippen molar-refractivity contribution in [3.05, 3.63) is 87.8 Å². The highest BCUT2D eigenvalue weighted by Crippen LogP contribution is 2.45. The van der Waals surface area contributed by atoms with Crippen LogP contribution < -0.4 is 5.43 Å². The van der Waals surface area contributed by atoms with Gasteiger partial charge in [-0.1, -0.05) is 18.2 Å². The summed E-state index contributed by atoms with van der Waals surface area (Å²) in [6.45, 7) is 0. The Labute approximate surface area is 235 Å². The van der Waals surface area contributed by atoms with Gasteiger partial charge in [-0.3, -0.25) is 9.59 Å². The Hall–Kier alpha value is -5.91. The molecule has 3 aromatic carbocycles. The van der Waals surface area contributed by atoms with Gasteiger partial charge in [0.2, 0.25) is 11.2 Å². The number of phenols is 4. The second-order valence-electron chi connectivity index (χ2n) is 9.23. The lowest BCUT2D eigenvalue weighted by molar-refractivity contribution is -0.140. The summed E-state index contributed by atoms with van der Waals surface area (Å²) >= 11 is 0. The number of carboxylic acid groups (broad SMARTS) is 1. The van der Waals surface area contributed by atoms with Crippen LogP contribution in [0, 0.1) is 0 Å². The van der Waals surface area contributed by atoms with Gasteiger partial charge < -0.3 is 44.2 Å². The molecule has 2 aromatic heterocycles. The number of carbonyl (C=O) groups excluding carboxylic acids is 1. The van der Waals surface area contributed by atoms with Crippen molar-refractivity contribution in [1.29, 1.82) is 0 Å². The second kappa shape index (κ2) is 10.6. The molecule has 12 heteroatoms. The first-order chi connectivity index (χ1) is 20.0. The molecule has 0 aliphatic rings. The van der Waals surface area contributed by atoms with Crippen molar-refractivity contribution in [1.82, 2.24) is 0 Å². The van der Waals surface area contributed by atoms with E-state index in [1.54, 1.807) is 12.1 Å². The first-order valence-corrected chi connectivity index (χ1v) is 12.3. The molecule has 0 bridgehead atoms. The highest BCUT2D eigenvalue weighted by molar-refractivity contribution is 5.95. The van der Waals surface area contributed by atoms with Gasteiger partial charge in [0.25, 0.3) is 0 Å². The topological polar surface area (TPSA) is 208 Å². The molecule has 2 heterocycles. The number of ether oxygens (including phenoxy) is 1. The van der Waals surface area contributed by atoms with Crippen LogP contribution >= 0.6 is 0 Å². The Bertz CT molecular complexity index is 1930. The van der Waals surface area contributed by atoms with E-state index in [9.17, 15) is 45.0 Å². The predicted octanol–water partition coefficient (Wildman–Crippen LogP) is 4.64. The van der Waals surface area contributed by atoms with Gasteiger partial charge in [-0.25, -0.2) is 4.79 Å². The van der Waals surface area contributed by atoms with E-state index in [2.05, 4.69) is 0 Å². The Kier molecular flexibility index (Phi) is 6.96. The molecule has 0 amide bonds. The van der Waals surface area contributed by atoms with Gasteiger partial charge >= 0.3 is 11.9 Å². The zero-order valence-electron chi connectivity index (χ0n) is 21.7. The molecule has 0 unspecified atom stereocenters. The number of fused-ring (bicyclic) bond motifs is 1. The van der Waals surface area contributed by atoms with E-state index in [4.69, 9.17) is 13.6 Å². The molecule has 0 saturated carbocycles. The minimum atomic E-state index is -1.21. The largest absolute Gasteiger partial charge is 0.507 e. The Balaban J connectivity index is 1.78. The minimum absolute atomic E-state index is 0.0364. The van der Waals surface area contributed by atoms with Crippen LogP contribution in [0.15, 0.2) is 74.3 Å². The first kappa shape index (κ1) is 27.6. The van der Waals surface area contributed by atoms with Crippen molar-refractivity contribution in [2.24, 2.45) is 0 Å². The highest BCUT2D eigenvalue weighted by atomic mass is 16.5. The smallest absolute Gasteiger partial charge is 0.336 e. The SMILES string of the molecule is COC(=O)C[C@@H](c1ccc(-c2ccccc2C(=O)O)o1)c1c(O)cc(O)c2c(=O)c(O)c(-c3ccc(O)c(O)c3)oc12. The van der Waals surface area contributed by atoms with Crippen molar-refractivity contribution in [2.45, 2.75) is 12.3 Å². The molecular formula is C30H22O12. The highest BCUT2D eigenvalue weighted by Gasteiger charge is 2.32. The molecule has 42 heavy (non-hydrogen) atoms. The van der Waals surface area contributed by atoms with Crippen molar-refractivity contribution in [3.63, 3.8) is 0 Å². The Morgan fingerprint density at radius 2 is 1.60 bits per heavy atom. The number of hydrogen-bond donors (Lipinski definition) is 6. The van der Waals surface area contributed by atoms with E-state index in [-0.39, 0.29) is 33.8 Å². The number of hydrogen-bond acceptors (Lipinski definition) is 11. The third-order valence-corrected chi connectivity index (χ3v) is 6.72. The normalized spacial score (nSPS) is 11.8. The molecule has 6 N–H and O–H groups in total. The maximum Gasteiger partial charge on any atom is 0.336 e. The number of carboxylic acids is 1. The quantitative estimate of drug-likeness (QED) is 0.116. The second-order valence-corrected chi connectivity index (χ2v) is 9.23. The summed E-state index contributed by atoms with van der Waals surface area (Å²) in [4.78, 5) is 37.5. The fraction of sp³-hybridized carbons (Fsp3) is 0.100. The molecule has 0 aliphatic heterocycles. The summed E-state index contributed by atoms with van der Waals surface area (Å²) in [6, 6.07) is 13.2. The van der Waals surface area contributed by atoms with Crippen LogP contribution in [0.5, 0.6) is 28.7 Å². The number of benzene rings is 3. The summed E-state index contributed by atoms with van der Waals surface area (Å²) in [5.74, 6) is -6.81. The number of phenolic OH excluding ortho intramolecular Hbond substituents is 4. The molecule has 0 aliphatic carbocycles. The average Bonchev–Trinajstić information content (AvgIpc) is 3.45. The van der Waals surface area contributed by atoms with Gasteiger partial charge in [0, 0.05) is 22.8 Å². The number of esters is 1. The fourth-order valence-corrected chi connectivity index (χ4v) is 4.71. The van der Waals surface area contributed by atoms with Crippen LogP contribution in [0.2, 0.25) is 0 Å². The third-order valence-electron chi connectivity index (χ3n) is 6.72. The summed E-state index contributed by atoms with van der Waals surface area (Å²) in [6.07, 6.45) is -0.461. The van der Waals surface area contributed by atoms with Crippen LogP contribution in [0.25, 0.3) is 33.6 Å². The van der Waals surface area contributed by atoms with E-state index in [0.29, 0.717) is 0 Å². The lowest BCUT2D eigenvalue weighted by Crippen LogP contribution is -2.12. The van der Waals surface area contributed by atoms with Gasteiger partial charge in [-0.15, -0.1) is 0 Å². The molecule has 5 rings (SSSR count). The third kappa shape index (κ3) is 4.70. The minimum Gasteiger partial charge on any atom is -0.507 e. The summed E-state index contributed by atoms with van der Waals surface area (Å²) < 4.78 is 16.7. The maximum atomic E-state index is 13.3. The lowest BCUT2D eigenvalue weighted by atomic mass is 9.90. The van der Waals surface area contributed by atoms with Gasteiger partial charge in [0.05, 0.1) is 25.0 Å². The number of furan rings is 1. The predicted molar refractivity (Wildman–Crippen MR) is 146 cm³/mol. The maximum absolute atomic E-state index is 13.3. The first-order valence-electron chi connectivity index (χ1n) is 12.3. The average molecular weight is 574 g/mol. The summed E-state index contributed by atoms with van der Waals surface area (Å²) in [5.41, 5.74) is -1.56. The monoisotopic (exact) mass is 574 g/mol. The number of aromatic carboxylic acids is 1. The van der Waals surface area contributed by atoms with E-state index in [0.717, 1.165) is 25.3 Å². The van der Waals surface area contributed by atoms with E-state index >= 15 is 0 Å². The number of rotatable bonds is 7. The molecule has 0 saturated heterocycles. The molecule has 12 nitrogen and oxygen atoms in total. The summed E-state index contributed by atoms with van der Waals surface area (Å²) in [7, 11) is 1.14. The molecule has 0 radical (unpaired) electrons. The standard InChI is InChI=1S/C30H22O12/c1-40-23(35)11-16(22-9-8-21(41-22)14-4-2-3-5-15(14)30(38)39)24-19(33)12-20(34)25-26(36)27(37)28(42-29(24)25)13-6-7-17(31)18(32)10-13/h2-10,12,16,31-34,37H,11H2,1H3,(H,38,39)/t16-/m0/s1. The van der Waals surface area contributed by atoms with Crippen molar-refractivity contribution < 1.29 is 53.8 Å². The summed E-state index contributed by atoms with van der Waals surface area (Å²) in [5, 5.41) is 61.0. The van der Waals surface area contributed by atoms with Gasteiger partial charge in [0.1, 0.15) is 34.0 Å². The van der Waals surface area contributed by atoms with Crippen LogP contribution in [-0.4, -0.2) is 49.7 Å². The molecule has 5 aromatic rings. The Morgan fingerprint density at radius 3 is 2.29 bits per heavy atom. The Morgan fingerprint density at radius 1 is 0.857 bits per heavy atom. The van der Waals surface area contributed by atoms with E-state index in [1.807, 2.05) is 0 Å². The molecule has 214 valence electrons. The van der Waals surface area contributed by atoms with Crippen LogP contribution in [0.4, 0.5) is 0 Å². The number of methoxy groups -OCH3 is 1. The fourth-order valence-electron chi connectivity index (χ4n) is 4.71. The van der Waals surface area contributed by atoms with Gasteiger partial charge in [-0.05, 0) is 36.4 Å².